The number of hydrogen-bond acceptors (Lipinski definition) is 2. The highest BCUT2D eigenvalue weighted by Gasteiger charge is 2.22. The van der Waals surface area contributed by atoms with E-state index in [1.54, 1.807) is 6.07 Å². The third-order valence-corrected chi connectivity index (χ3v) is 3.79. The molecule has 3 N–H and O–H groups in total. The maximum absolute atomic E-state index is 13.0. The van der Waals surface area contributed by atoms with Gasteiger partial charge >= 0.3 is 0 Å². The molecule has 20 heavy (non-hydrogen) atoms. The molecular weight excluding hydrogens is 319 g/mol. The molecule has 0 amide bonds. The molecule has 0 saturated heterocycles. The van der Waals surface area contributed by atoms with Crippen LogP contribution in [0.25, 0.3) is 0 Å². The van der Waals surface area contributed by atoms with Gasteiger partial charge in [-0.2, -0.15) is 0 Å². The molecule has 0 radical (unpaired) electrons. The van der Waals surface area contributed by atoms with Crippen LogP contribution in [0.5, 0.6) is 0 Å². The van der Waals surface area contributed by atoms with E-state index in [2.05, 4.69) is 47.6 Å². The van der Waals surface area contributed by atoms with Crippen LogP contribution in [-0.2, 0) is 0 Å². The molecule has 0 atom stereocenters. The van der Waals surface area contributed by atoms with Crippen molar-refractivity contribution in [2.45, 2.75) is 26.3 Å². The second-order valence-electron chi connectivity index (χ2n) is 4.26. The number of hydrogen-bond donors (Lipinski definition) is 2. The van der Waals surface area contributed by atoms with E-state index in [0.717, 1.165) is 10.2 Å². The van der Waals surface area contributed by atoms with E-state index in [4.69, 9.17) is 5.73 Å². The SMILES string of the molecule is C/C(N)=C(\Br)C(C)(C)Nc1cccc(F)c1.C=C.C=C. The summed E-state index contributed by atoms with van der Waals surface area (Å²) in [6.45, 7) is 17.8. The molecule has 0 saturated carbocycles. The van der Waals surface area contributed by atoms with E-state index in [9.17, 15) is 4.39 Å². The highest BCUT2D eigenvalue weighted by molar-refractivity contribution is 9.11. The quantitative estimate of drug-likeness (QED) is 0.740. The Morgan fingerprint density at radius 1 is 1.25 bits per heavy atom. The average Bonchev–Trinajstić information content (AvgIpc) is 2.41. The van der Waals surface area contributed by atoms with Gasteiger partial charge in [0, 0.05) is 15.9 Å². The molecule has 1 aromatic carbocycles. The molecule has 1 rings (SSSR count). The van der Waals surface area contributed by atoms with Gasteiger partial charge in [0.15, 0.2) is 0 Å². The van der Waals surface area contributed by atoms with Crippen LogP contribution in [0.3, 0.4) is 0 Å². The number of allylic oxidation sites excluding steroid dienone is 1. The molecule has 0 fully saturated rings. The van der Waals surface area contributed by atoms with Gasteiger partial charge < -0.3 is 11.1 Å². The van der Waals surface area contributed by atoms with E-state index < -0.39 is 0 Å². The zero-order valence-electron chi connectivity index (χ0n) is 12.5. The van der Waals surface area contributed by atoms with Crippen LogP contribution in [0.4, 0.5) is 10.1 Å². The molecule has 4 heteroatoms. The second-order valence-corrected chi connectivity index (χ2v) is 5.05. The van der Waals surface area contributed by atoms with Gasteiger partial charge in [0.1, 0.15) is 5.82 Å². The third kappa shape index (κ3) is 7.14. The van der Waals surface area contributed by atoms with Crippen molar-refractivity contribution in [3.05, 3.63) is 66.6 Å². The molecule has 0 spiro atoms. The van der Waals surface area contributed by atoms with Gasteiger partial charge in [-0.25, -0.2) is 4.39 Å². The van der Waals surface area contributed by atoms with Crippen LogP contribution in [-0.4, -0.2) is 5.54 Å². The Morgan fingerprint density at radius 2 is 1.75 bits per heavy atom. The fourth-order valence-corrected chi connectivity index (χ4v) is 1.57. The van der Waals surface area contributed by atoms with Gasteiger partial charge in [-0.05, 0) is 39.0 Å². The highest BCUT2D eigenvalue weighted by atomic mass is 79.9. The molecule has 0 aliphatic heterocycles. The Labute approximate surface area is 130 Å². The van der Waals surface area contributed by atoms with Crippen LogP contribution < -0.4 is 11.1 Å². The van der Waals surface area contributed by atoms with E-state index in [1.807, 2.05) is 26.8 Å². The molecule has 2 nitrogen and oxygen atoms in total. The minimum absolute atomic E-state index is 0.259. The summed E-state index contributed by atoms with van der Waals surface area (Å²) < 4.78 is 13.9. The lowest BCUT2D eigenvalue weighted by molar-refractivity contribution is 0.626. The van der Waals surface area contributed by atoms with Crippen molar-refractivity contribution < 1.29 is 4.39 Å². The highest BCUT2D eigenvalue weighted by Crippen LogP contribution is 2.28. The summed E-state index contributed by atoms with van der Waals surface area (Å²) in [7, 11) is 0. The fraction of sp³-hybridized carbons (Fsp3) is 0.250. The van der Waals surface area contributed by atoms with Crippen molar-refractivity contribution in [1.29, 1.82) is 0 Å². The molecular formula is C16H24BrFN2. The molecule has 112 valence electrons. The van der Waals surface area contributed by atoms with Crippen molar-refractivity contribution in [3.8, 4) is 0 Å². The number of rotatable bonds is 3. The summed E-state index contributed by atoms with van der Waals surface area (Å²) in [4.78, 5) is 0. The number of nitrogens with one attached hydrogen (secondary N) is 1. The van der Waals surface area contributed by atoms with Gasteiger partial charge in [-0.3, -0.25) is 0 Å². The maximum atomic E-state index is 13.0. The third-order valence-electron chi connectivity index (χ3n) is 2.18. The van der Waals surface area contributed by atoms with Crippen LogP contribution in [0.1, 0.15) is 20.8 Å². The van der Waals surface area contributed by atoms with Crippen molar-refractivity contribution in [2.24, 2.45) is 5.73 Å². The number of anilines is 1. The first kappa shape index (κ1) is 20.8. The van der Waals surface area contributed by atoms with Crippen molar-refractivity contribution >= 4 is 21.6 Å². The summed E-state index contributed by atoms with van der Waals surface area (Å²) >= 11 is 3.44. The second kappa shape index (κ2) is 10.3. The largest absolute Gasteiger partial charge is 0.402 e. The molecule has 1 aromatic rings. The average molecular weight is 343 g/mol. The Hall–Kier alpha value is -1.55. The Balaban J connectivity index is 0. The number of benzene rings is 1. The molecule has 0 aliphatic carbocycles. The van der Waals surface area contributed by atoms with Crippen molar-refractivity contribution in [2.75, 3.05) is 5.32 Å². The monoisotopic (exact) mass is 342 g/mol. The van der Waals surface area contributed by atoms with E-state index in [1.165, 1.54) is 12.1 Å². The van der Waals surface area contributed by atoms with Gasteiger partial charge in [0.25, 0.3) is 0 Å². The normalized spacial score (nSPS) is 11.1. The standard InChI is InChI=1S/C12H16BrFN2.2C2H4/c1-8(15)11(13)12(2,3)16-10-6-4-5-9(14)7-10;2*1-2/h4-7,16H,15H2,1-3H3;2*1-2H2/b11-8+;;. The smallest absolute Gasteiger partial charge is 0.125 e. The fourth-order valence-electron chi connectivity index (χ4n) is 1.47. The van der Waals surface area contributed by atoms with Crippen LogP contribution in [0.2, 0.25) is 0 Å². The first-order valence-corrected chi connectivity index (χ1v) is 6.78. The zero-order valence-corrected chi connectivity index (χ0v) is 14.1. The minimum Gasteiger partial charge on any atom is -0.402 e. The maximum Gasteiger partial charge on any atom is 0.125 e. The number of halogens is 2. The lowest BCUT2D eigenvalue weighted by Crippen LogP contribution is -2.32. The van der Waals surface area contributed by atoms with Crippen LogP contribution in [0, 0.1) is 5.82 Å². The summed E-state index contributed by atoms with van der Waals surface area (Å²) in [5.41, 5.74) is 6.78. The Kier molecular flexibility index (Phi) is 10.7. The predicted molar refractivity (Wildman–Crippen MR) is 92.4 cm³/mol. The van der Waals surface area contributed by atoms with E-state index in [-0.39, 0.29) is 11.4 Å². The van der Waals surface area contributed by atoms with E-state index in [0.29, 0.717) is 5.70 Å². The molecule has 0 heterocycles. The Morgan fingerprint density at radius 3 is 2.15 bits per heavy atom. The van der Waals surface area contributed by atoms with Crippen LogP contribution in [0.15, 0.2) is 60.8 Å². The summed E-state index contributed by atoms with van der Waals surface area (Å²) in [6, 6.07) is 6.35. The summed E-state index contributed by atoms with van der Waals surface area (Å²) in [6.07, 6.45) is 0. The topological polar surface area (TPSA) is 38.0 Å². The zero-order chi connectivity index (χ0) is 16.3. The minimum atomic E-state index is -0.368. The van der Waals surface area contributed by atoms with Gasteiger partial charge in [0.2, 0.25) is 0 Å². The first-order chi connectivity index (χ1) is 9.33. The van der Waals surface area contributed by atoms with Gasteiger partial charge in [-0.15, -0.1) is 26.3 Å². The molecule has 0 aromatic heterocycles. The molecule has 0 aliphatic rings. The van der Waals surface area contributed by atoms with Crippen molar-refractivity contribution in [3.63, 3.8) is 0 Å². The summed E-state index contributed by atoms with van der Waals surface area (Å²) in [5.74, 6) is -0.259. The summed E-state index contributed by atoms with van der Waals surface area (Å²) in [5, 5.41) is 3.22. The lowest BCUT2D eigenvalue weighted by atomic mass is 10.0. The van der Waals surface area contributed by atoms with Crippen molar-refractivity contribution in [1.82, 2.24) is 0 Å². The van der Waals surface area contributed by atoms with Gasteiger partial charge in [-0.1, -0.05) is 22.0 Å². The first-order valence-electron chi connectivity index (χ1n) is 5.99. The molecule has 0 bridgehead atoms. The predicted octanol–water partition coefficient (Wildman–Crippen LogP) is 5.21. The Bertz CT molecular complexity index is 436. The molecule has 0 unspecified atom stereocenters. The number of nitrogens with two attached hydrogens (primary N) is 1. The van der Waals surface area contributed by atoms with Crippen LogP contribution >= 0.6 is 15.9 Å². The van der Waals surface area contributed by atoms with Gasteiger partial charge in [0.05, 0.1) is 5.54 Å². The van der Waals surface area contributed by atoms with E-state index >= 15 is 0 Å². The lowest BCUT2D eigenvalue weighted by Gasteiger charge is -2.28.